The van der Waals surface area contributed by atoms with Gasteiger partial charge >= 0.3 is 0 Å². The minimum atomic E-state index is -0.876. The van der Waals surface area contributed by atoms with Crippen LogP contribution in [-0.2, 0) is 9.59 Å². The first kappa shape index (κ1) is 19.1. The first-order valence-corrected chi connectivity index (χ1v) is 8.81. The van der Waals surface area contributed by atoms with Gasteiger partial charge < -0.3 is 20.9 Å². The highest BCUT2D eigenvalue weighted by Crippen LogP contribution is 2.11. The van der Waals surface area contributed by atoms with E-state index in [2.05, 4.69) is 20.2 Å². The highest BCUT2D eigenvalue weighted by atomic mass is 16.2. The molecular formula is C17H28N6O2. The molecule has 1 unspecified atom stereocenters. The summed E-state index contributed by atoms with van der Waals surface area (Å²) in [4.78, 5) is 36.7. The number of hydrogen-bond acceptors (Lipinski definition) is 6. The Morgan fingerprint density at radius 2 is 1.88 bits per heavy atom. The van der Waals surface area contributed by atoms with Crippen molar-refractivity contribution in [3.8, 4) is 0 Å². The van der Waals surface area contributed by atoms with Gasteiger partial charge in [-0.05, 0) is 19.4 Å². The maximum atomic E-state index is 12.3. The van der Waals surface area contributed by atoms with Crippen LogP contribution in [0.1, 0.15) is 33.1 Å². The van der Waals surface area contributed by atoms with Gasteiger partial charge in [-0.15, -0.1) is 0 Å². The van der Waals surface area contributed by atoms with Crippen LogP contribution in [0.4, 0.5) is 5.95 Å². The molecule has 1 saturated heterocycles. The van der Waals surface area contributed by atoms with Gasteiger partial charge in [-0.1, -0.05) is 13.3 Å². The number of aromatic nitrogens is 2. The molecule has 0 aromatic carbocycles. The Bertz CT molecular complexity index is 570. The van der Waals surface area contributed by atoms with Crippen LogP contribution < -0.4 is 16.0 Å². The fourth-order valence-corrected chi connectivity index (χ4v) is 2.89. The molecule has 0 radical (unpaired) electrons. The number of anilines is 1. The van der Waals surface area contributed by atoms with Crippen LogP contribution in [0, 0.1) is 0 Å². The third kappa shape index (κ3) is 5.38. The van der Waals surface area contributed by atoms with Gasteiger partial charge in [0.25, 0.3) is 0 Å². The summed E-state index contributed by atoms with van der Waals surface area (Å²) >= 11 is 0. The second-order valence-corrected chi connectivity index (χ2v) is 6.59. The van der Waals surface area contributed by atoms with Crippen molar-refractivity contribution in [3.05, 3.63) is 18.5 Å². The van der Waals surface area contributed by atoms with Gasteiger partial charge in [0, 0.05) is 51.5 Å². The molecule has 8 heteroatoms. The van der Waals surface area contributed by atoms with E-state index in [1.54, 1.807) is 25.4 Å². The molecule has 0 aliphatic carbocycles. The van der Waals surface area contributed by atoms with E-state index in [0.29, 0.717) is 45.1 Å². The van der Waals surface area contributed by atoms with Gasteiger partial charge in [0.05, 0.1) is 5.54 Å². The minimum absolute atomic E-state index is 0.0446. The Labute approximate surface area is 148 Å². The van der Waals surface area contributed by atoms with Crippen molar-refractivity contribution < 1.29 is 9.59 Å². The van der Waals surface area contributed by atoms with Gasteiger partial charge in [-0.3, -0.25) is 9.59 Å². The Hall–Kier alpha value is -2.22. The van der Waals surface area contributed by atoms with Gasteiger partial charge in [0.2, 0.25) is 17.8 Å². The van der Waals surface area contributed by atoms with Crippen molar-refractivity contribution in [3.63, 3.8) is 0 Å². The lowest BCUT2D eigenvalue weighted by Gasteiger charge is -2.34. The number of nitrogens with one attached hydrogen (secondary N) is 1. The second kappa shape index (κ2) is 8.75. The Morgan fingerprint density at radius 3 is 2.48 bits per heavy atom. The van der Waals surface area contributed by atoms with Crippen molar-refractivity contribution in [2.75, 3.05) is 37.6 Å². The van der Waals surface area contributed by atoms with E-state index in [1.165, 1.54) is 0 Å². The number of nitrogens with two attached hydrogens (primary N) is 1. The lowest BCUT2D eigenvalue weighted by Crippen LogP contribution is -2.52. The van der Waals surface area contributed by atoms with E-state index in [4.69, 9.17) is 5.73 Å². The van der Waals surface area contributed by atoms with Crippen molar-refractivity contribution in [1.82, 2.24) is 20.2 Å². The molecule has 2 heterocycles. The van der Waals surface area contributed by atoms with Gasteiger partial charge in [0.1, 0.15) is 0 Å². The molecule has 2 amide bonds. The van der Waals surface area contributed by atoms with Crippen LogP contribution in [-0.4, -0.2) is 64.9 Å². The Balaban J connectivity index is 1.71. The zero-order chi connectivity index (χ0) is 18.3. The fraction of sp³-hybridized carbons (Fsp3) is 0.647. The van der Waals surface area contributed by atoms with E-state index in [9.17, 15) is 9.59 Å². The topological polar surface area (TPSA) is 104 Å². The average molecular weight is 348 g/mol. The Kier molecular flexibility index (Phi) is 6.69. The largest absolute Gasteiger partial charge is 0.354 e. The van der Waals surface area contributed by atoms with Crippen LogP contribution in [0.3, 0.4) is 0 Å². The molecule has 1 aromatic rings. The van der Waals surface area contributed by atoms with E-state index >= 15 is 0 Å². The third-order valence-corrected chi connectivity index (χ3v) is 4.38. The molecule has 8 nitrogen and oxygen atoms in total. The standard InChI is InChI=1S/C17H28N6O2/c1-3-6-17(2,18)15(25)19-9-5-14(24)22-10-12-23(13-11-22)16-20-7-4-8-21-16/h4,7-8H,3,5-6,9-13,18H2,1-2H3,(H,19,25). The van der Waals surface area contributed by atoms with E-state index in [-0.39, 0.29) is 18.2 Å². The summed E-state index contributed by atoms with van der Waals surface area (Å²) in [5.41, 5.74) is 5.10. The number of amides is 2. The normalized spacial score (nSPS) is 17.1. The first-order valence-electron chi connectivity index (χ1n) is 8.81. The average Bonchev–Trinajstić information content (AvgIpc) is 2.62. The smallest absolute Gasteiger partial charge is 0.239 e. The number of nitrogens with zero attached hydrogens (tertiary/aromatic N) is 4. The highest BCUT2D eigenvalue weighted by Gasteiger charge is 2.27. The predicted molar refractivity (Wildman–Crippen MR) is 96.0 cm³/mol. The summed E-state index contributed by atoms with van der Waals surface area (Å²) < 4.78 is 0. The third-order valence-electron chi connectivity index (χ3n) is 4.38. The van der Waals surface area contributed by atoms with Crippen molar-refractivity contribution in [2.45, 2.75) is 38.6 Å². The number of hydrogen-bond donors (Lipinski definition) is 2. The monoisotopic (exact) mass is 348 g/mol. The van der Waals surface area contributed by atoms with Crippen LogP contribution in [0.5, 0.6) is 0 Å². The molecular weight excluding hydrogens is 320 g/mol. The van der Waals surface area contributed by atoms with E-state index in [1.807, 2.05) is 11.8 Å². The fourth-order valence-electron chi connectivity index (χ4n) is 2.89. The maximum Gasteiger partial charge on any atom is 0.239 e. The summed E-state index contributed by atoms with van der Waals surface area (Å²) in [6.45, 7) is 6.71. The summed E-state index contributed by atoms with van der Waals surface area (Å²) in [7, 11) is 0. The molecule has 0 bridgehead atoms. The van der Waals surface area contributed by atoms with Gasteiger partial charge in [-0.25, -0.2) is 9.97 Å². The zero-order valence-electron chi connectivity index (χ0n) is 15.1. The summed E-state index contributed by atoms with van der Waals surface area (Å²) in [5.74, 6) is 0.538. The van der Waals surface area contributed by atoms with Crippen molar-refractivity contribution in [1.29, 1.82) is 0 Å². The van der Waals surface area contributed by atoms with Crippen LogP contribution >= 0.6 is 0 Å². The molecule has 3 N–H and O–H groups in total. The molecule has 1 aliphatic heterocycles. The van der Waals surface area contributed by atoms with Crippen LogP contribution in [0.25, 0.3) is 0 Å². The maximum absolute atomic E-state index is 12.3. The lowest BCUT2D eigenvalue weighted by molar-refractivity contribution is -0.131. The molecule has 0 spiro atoms. The number of carbonyl (C=O) groups is 2. The first-order chi connectivity index (χ1) is 11.9. The second-order valence-electron chi connectivity index (χ2n) is 6.59. The molecule has 138 valence electrons. The van der Waals surface area contributed by atoms with Gasteiger partial charge in [-0.2, -0.15) is 0 Å². The SMILES string of the molecule is CCCC(C)(N)C(=O)NCCC(=O)N1CCN(c2ncccn2)CC1. The van der Waals surface area contributed by atoms with Crippen LogP contribution in [0.2, 0.25) is 0 Å². The molecule has 1 atom stereocenters. The van der Waals surface area contributed by atoms with E-state index < -0.39 is 5.54 Å². The molecule has 2 rings (SSSR count). The zero-order valence-corrected chi connectivity index (χ0v) is 15.1. The molecule has 1 fully saturated rings. The van der Waals surface area contributed by atoms with Crippen molar-refractivity contribution in [2.24, 2.45) is 5.73 Å². The van der Waals surface area contributed by atoms with Gasteiger partial charge in [0.15, 0.2) is 0 Å². The molecule has 1 aromatic heterocycles. The molecule has 0 saturated carbocycles. The highest BCUT2D eigenvalue weighted by molar-refractivity contribution is 5.86. The number of carbonyl (C=O) groups excluding carboxylic acids is 2. The van der Waals surface area contributed by atoms with Crippen LogP contribution in [0.15, 0.2) is 18.5 Å². The molecule has 1 aliphatic rings. The van der Waals surface area contributed by atoms with E-state index in [0.717, 1.165) is 6.42 Å². The predicted octanol–water partition coefficient (Wildman–Crippen LogP) is 0.149. The molecule has 25 heavy (non-hydrogen) atoms. The summed E-state index contributed by atoms with van der Waals surface area (Å²) in [5, 5.41) is 2.77. The Morgan fingerprint density at radius 1 is 1.24 bits per heavy atom. The van der Waals surface area contributed by atoms with Crippen molar-refractivity contribution >= 4 is 17.8 Å². The number of piperazine rings is 1. The number of rotatable bonds is 7. The lowest BCUT2D eigenvalue weighted by atomic mass is 9.96. The minimum Gasteiger partial charge on any atom is -0.354 e. The quantitative estimate of drug-likeness (QED) is 0.727. The summed E-state index contributed by atoms with van der Waals surface area (Å²) in [6, 6.07) is 1.78. The summed E-state index contributed by atoms with van der Waals surface area (Å²) in [6.07, 6.45) is 5.18.